The minimum atomic E-state index is -4.33. The van der Waals surface area contributed by atoms with E-state index in [1.807, 2.05) is 0 Å². The fraction of sp³-hybridized carbons (Fsp3) is 0.462. The second-order valence-corrected chi connectivity index (χ2v) is 4.87. The highest BCUT2D eigenvalue weighted by Crippen LogP contribution is 2.51. The molecule has 4 nitrogen and oxygen atoms in total. The van der Waals surface area contributed by atoms with Crippen molar-refractivity contribution in [3.63, 3.8) is 0 Å². The van der Waals surface area contributed by atoms with Crippen LogP contribution in [0, 0.1) is 0 Å². The van der Waals surface area contributed by atoms with Crippen molar-refractivity contribution in [2.24, 2.45) is 0 Å². The molecule has 0 atom stereocenters. The first-order chi connectivity index (χ1) is 9.29. The third-order valence-corrected chi connectivity index (χ3v) is 3.32. The first kappa shape index (κ1) is 14.5. The number of hydrogen-bond acceptors (Lipinski definition) is 3. The highest BCUT2D eigenvalue weighted by molar-refractivity contribution is 5.96. The molecule has 1 fully saturated rings. The molecule has 0 aliphatic heterocycles. The number of halogens is 3. The fourth-order valence-corrected chi connectivity index (χ4v) is 1.93. The summed E-state index contributed by atoms with van der Waals surface area (Å²) in [5.74, 6) is -0.340. The second kappa shape index (κ2) is 4.88. The van der Waals surface area contributed by atoms with Gasteiger partial charge in [-0.2, -0.15) is 13.2 Å². The van der Waals surface area contributed by atoms with E-state index in [2.05, 4.69) is 10.6 Å². The number of alkyl halides is 3. The molecule has 1 amide bonds. The largest absolute Gasteiger partial charge is 0.411 e. The van der Waals surface area contributed by atoms with Gasteiger partial charge in [0.05, 0.1) is 11.4 Å². The van der Waals surface area contributed by atoms with E-state index in [4.69, 9.17) is 5.73 Å². The average Bonchev–Trinajstić information content (AvgIpc) is 3.12. The van der Waals surface area contributed by atoms with E-state index < -0.39 is 11.7 Å². The summed E-state index contributed by atoms with van der Waals surface area (Å²) in [4.78, 5) is 11.7. The highest BCUT2D eigenvalue weighted by atomic mass is 19.4. The molecular formula is C13H16F3N3O. The van der Waals surface area contributed by atoms with Crippen molar-refractivity contribution < 1.29 is 18.0 Å². The van der Waals surface area contributed by atoms with Crippen LogP contribution >= 0.6 is 0 Å². The molecule has 0 aromatic heterocycles. The molecule has 1 aromatic rings. The minimum Gasteiger partial charge on any atom is -0.397 e. The number of nitrogens with two attached hydrogens (primary N) is 1. The Morgan fingerprint density at radius 1 is 1.40 bits per heavy atom. The van der Waals surface area contributed by atoms with Crippen molar-refractivity contribution in [1.29, 1.82) is 0 Å². The van der Waals surface area contributed by atoms with E-state index in [1.165, 1.54) is 18.2 Å². The van der Waals surface area contributed by atoms with Crippen molar-refractivity contribution >= 4 is 17.3 Å². The van der Waals surface area contributed by atoms with Crippen molar-refractivity contribution in [3.05, 3.63) is 23.8 Å². The molecule has 0 unspecified atom stereocenters. The van der Waals surface area contributed by atoms with Gasteiger partial charge in [-0.3, -0.25) is 4.79 Å². The lowest BCUT2D eigenvalue weighted by Gasteiger charge is -2.23. The van der Waals surface area contributed by atoms with Gasteiger partial charge in [0.15, 0.2) is 0 Å². The molecule has 2 rings (SSSR count). The molecule has 0 spiro atoms. The van der Waals surface area contributed by atoms with Gasteiger partial charge >= 0.3 is 6.18 Å². The molecule has 4 N–H and O–H groups in total. The number of carbonyl (C=O) groups is 1. The van der Waals surface area contributed by atoms with Gasteiger partial charge in [-0.15, -0.1) is 0 Å². The Labute approximate surface area is 114 Å². The zero-order chi connectivity index (χ0) is 15.0. The number of hydrogen-bond donors (Lipinski definition) is 3. The predicted octanol–water partition coefficient (Wildman–Crippen LogP) is 2.53. The van der Waals surface area contributed by atoms with Gasteiger partial charge in [-0.1, -0.05) is 0 Å². The van der Waals surface area contributed by atoms with Gasteiger partial charge in [-0.25, -0.2) is 0 Å². The van der Waals surface area contributed by atoms with E-state index in [-0.39, 0.29) is 35.7 Å². The van der Waals surface area contributed by atoms with Crippen molar-refractivity contribution in [1.82, 2.24) is 5.32 Å². The Morgan fingerprint density at radius 3 is 2.55 bits per heavy atom. The van der Waals surface area contributed by atoms with Crippen molar-refractivity contribution in [3.8, 4) is 0 Å². The van der Waals surface area contributed by atoms with Crippen LogP contribution in [0.1, 0.15) is 30.1 Å². The molecule has 110 valence electrons. The van der Waals surface area contributed by atoms with Gasteiger partial charge in [0, 0.05) is 12.1 Å². The van der Waals surface area contributed by atoms with Crippen LogP contribution in [-0.2, 0) is 0 Å². The molecule has 1 saturated carbocycles. The Bertz CT molecular complexity index is 524. The molecule has 0 saturated heterocycles. The first-order valence-electron chi connectivity index (χ1n) is 6.32. The van der Waals surface area contributed by atoms with Gasteiger partial charge < -0.3 is 16.4 Å². The van der Waals surface area contributed by atoms with Crippen LogP contribution in [-0.4, -0.2) is 24.2 Å². The monoisotopic (exact) mass is 287 g/mol. The number of carbonyl (C=O) groups excluding carboxylic acids is 1. The third-order valence-electron chi connectivity index (χ3n) is 3.32. The minimum absolute atomic E-state index is 0.0152. The summed E-state index contributed by atoms with van der Waals surface area (Å²) >= 11 is 0. The lowest BCUT2D eigenvalue weighted by molar-refractivity contribution is -0.151. The normalized spacial score (nSPS) is 16.6. The molecule has 7 heteroatoms. The summed E-state index contributed by atoms with van der Waals surface area (Å²) in [5, 5.41) is 5.03. The third kappa shape index (κ3) is 2.66. The standard InChI is InChI=1S/C13H16F3N3O/c1-2-18-11(20)8-3-4-9(17)10(7-8)19-12(5-6-12)13(14,15)16/h3-4,7,19H,2,5-6,17H2,1H3,(H,18,20). The number of nitrogen functional groups attached to an aromatic ring is 1. The molecule has 0 radical (unpaired) electrons. The van der Waals surface area contributed by atoms with Gasteiger partial charge in [-0.05, 0) is 38.0 Å². The summed E-state index contributed by atoms with van der Waals surface area (Å²) in [7, 11) is 0. The molecule has 0 bridgehead atoms. The topological polar surface area (TPSA) is 67.2 Å². The molecular weight excluding hydrogens is 271 g/mol. The van der Waals surface area contributed by atoms with Crippen molar-refractivity contribution in [2.75, 3.05) is 17.6 Å². The van der Waals surface area contributed by atoms with E-state index >= 15 is 0 Å². The van der Waals surface area contributed by atoms with E-state index in [9.17, 15) is 18.0 Å². The zero-order valence-corrected chi connectivity index (χ0v) is 11.0. The molecule has 1 aliphatic rings. The summed E-state index contributed by atoms with van der Waals surface area (Å²) in [6.45, 7) is 2.20. The van der Waals surface area contributed by atoms with E-state index in [1.54, 1.807) is 6.92 Å². The van der Waals surface area contributed by atoms with Crippen LogP contribution in [0.5, 0.6) is 0 Å². The molecule has 1 aliphatic carbocycles. The average molecular weight is 287 g/mol. The summed E-state index contributed by atoms with van der Waals surface area (Å²) in [5.41, 5.74) is 4.39. The maximum absolute atomic E-state index is 12.9. The molecule has 1 aromatic carbocycles. The van der Waals surface area contributed by atoms with Crippen LogP contribution in [0.4, 0.5) is 24.5 Å². The molecule has 20 heavy (non-hydrogen) atoms. The Balaban J connectivity index is 2.24. The van der Waals surface area contributed by atoms with Crippen molar-refractivity contribution in [2.45, 2.75) is 31.5 Å². The lowest BCUT2D eigenvalue weighted by Crippen LogP contribution is -2.39. The van der Waals surface area contributed by atoms with Crippen LogP contribution < -0.4 is 16.4 Å². The number of anilines is 2. The quantitative estimate of drug-likeness (QED) is 0.745. The number of benzene rings is 1. The van der Waals surface area contributed by atoms with Gasteiger partial charge in [0.2, 0.25) is 0 Å². The number of nitrogens with one attached hydrogen (secondary N) is 2. The SMILES string of the molecule is CCNC(=O)c1ccc(N)c(NC2(C(F)(F)F)CC2)c1. The summed E-state index contributed by atoms with van der Waals surface area (Å²) in [6.07, 6.45) is -4.30. The Kier molecular flexibility index (Phi) is 3.54. The van der Waals surface area contributed by atoms with E-state index in [0.29, 0.717) is 6.54 Å². The predicted molar refractivity (Wildman–Crippen MR) is 70.5 cm³/mol. The second-order valence-electron chi connectivity index (χ2n) is 4.87. The summed E-state index contributed by atoms with van der Waals surface area (Å²) < 4.78 is 38.7. The number of amides is 1. The maximum Gasteiger partial charge on any atom is 0.411 e. The zero-order valence-electron chi connectivity index (χ0n) is 11.0. The van der Waals surface area contributed by atoms with Crippen LogP contribution in [0.3, 0.4) is 0 Å². The van der Waals surface area contributed by atoms with Gasteiger partial charge in [0.1, 0.15) is 5.54 Å². The first-order valence-corrected chi connectivity index (χ1v) is 6.32. The smallest absolute Gasteiger partial charge is 0.397 e. The van der Waals surface area contributed by atoms with Crippen LogP contribution in [0.2, 0.25) is 0 Å². The lowest BCUT2D eigenvalue weighted by atomic mass is 10.1. The van der Waals surface area contributed by atoms with Crippen LogP contribution in [0.15, 0.2) is 18.2 Å². The Hall–Kier alpha value is -1.92. The number of rotatable bonds is 4. The fourth-order valence-electron chi connectivity index (χ4n) is 1.93. The van der Waals surface area contributed by atoms with Crippen LogP contribution in [0.25, 0.3) is 0 Å². The maximum atomic E-state index is 12.9. The van der Waals surface area contributed by atoms with Gasteiger partial charge in [0.25, 0.3) is 5.91 Å². The Morgan fingerprint density at radius 2 is 2.05 bits per heavy atom. The summed E-state index contributed by atoms with van der Waals surface area (Å²) in [6, 6.07) is 4.27. The molecule has 0 heterocycles. The highest BCUT2D eigenvalue weighted by Gasteiger charge is 2.63. The van der Waals surface area contributed by atoms with E-state index in [0.717, 1.165) is 0 Å².